The van der Waals surface area contributed by atoms with Gasteiger partial charge in [0.25, 0.3) is 15.9 Å². The largest absolute Gasteiger partial charge is 0.339 e. The molecule has 34 heavy (non-hydrogen) atoms. The van der Waals surface area contributed by atoms with E-state index in [0.29, 0.717) is 24.0 Å². The number of imidazole rings is 1. The van der Waals surface area contributed by atoms with E-state index in [1.54, 1.807) is 11.6 Å². The Morgan fingerprint density at radius 2 is 1.85 bits per heavy atom. The highest BCUT2D eigenvalue weighted by Gasteiger charge is 2.41. The Morgan fingerprint density at radius 1 is 1.12 bits per heavy atom. The van der Waals surface area contributed by atoms with Crippen molar-refractivity contribution in [2.45, 2.75) is 49.2 Å². The summed E-state index contributed by atoms with van der Waals surface area (Å²) < 4.78 is 43.2. The number of carbonyl (C=O) groups excluding carboxylic acids is 3. The molecule has 1 atom stereocenters. The van der Waals surface area contributed by atoms with Gasteiger partial charge in [0, 0.05) is 44.9 Å². The van der Waals surface area contributed by atoms with Gasteiger partial charge in [0.15, 0.2) is 5.03 Å². The van der Waals surface area contributed by atoms with Gasteiger partial charge in [0.1, 0.15) is 11.9 Å². The molecular weight excluding hydrogens is 465 g/mol. The van der Waals surface area contributed by atoms with Gasteiger partial charge in [-0.25, -0.2) is 17.8 Å². The van der Waals surface area contributed by atoms with Crippen molar-refractivity contribution in [3.05, 3.63) is 47.2 Å². The summed E-state index contributed by atoms with van der Waals surface area (Å²) in [6.07, 6.45) is 4.19. The lowest BCUT2D eigenvalue weighted by Gasteiger charge is -2.32. The Balaban J connectivity index is 1.36. The Kier molecular flexibility index (Phi) is 5.52. The molecule has 2 fully saturated rings. The molecule has 3 aliphatic heterocycles. The Morgan fingerprint density at radius 3 is 2.50 bits per heavy atom. The van der Waals surface area contributed by atoms with Gasteiger partial charge in [-0.2, -0.15) is 4.31 Å². The molecule has 1 unspecified atom stereocenters. The molecule has 3 aliphatic rings. The first-order valence-electron chi connectivity index (χ1n) is 11.1. The number of rotatable bonds is 4. The second-order valence-electron chi connectivity index (χ2n) is 8.98. The third kappa shape index (κ3) is 3.80. The van der Waals surface area contributed by atoms with Crippen molar-refractivity contribution in [3.8, 4) is 0 Å². The number of amides is 3. The van der Waals surface area contributed by atoms with Gasteiger partial charge in [-0.05, 0) is 48.4 Å². The molecule has 2 saturated heterocycles. The highest BCUT2D eigenvalue weighted by atomic mass is 32.2. The predicted octanol–water partition coefficient (Wildman–Crippen LogP) is 0.889. The summed E-state index contributed by atoms with van der Waals surface area (Å²) in [6.45, 7) is 0.655. The van der Waals surface area contributed by atoms with Crippen molar-refractivity contribution >= 4 is 27.7 Å². The quantitative estimate of drug-likeness (QED) is 0.637. The fourth-order valence-electron chi connectivity index (χ4n) is 5.08. The zero-order chi connectivity index (χ0) is 24.2. The molecule has 3 amide bonds. The van der Waals surface area contributed by atoms with Crippen LogP contribution in [0.5, 0.6) is 0 Å². The number of sulfonamides is 1. The standard InChI is InChI=1S/C22H24FN5O5S/c1-26-11-20(24-12-26)34(32,33)27-6-4-13(5-7-27)15-8-14(23)9-16-17(15)10-28(22(16)31)18-2-3-19(29)25-21(18)30/h8-9,11-13,18H,2-7,10H2,1H3,(H,25,29,30). The van der Waals surface area contributed by atoms with Gasteiger partial charge in [-0.1, -0.05) is 0 Å². The van der Waals surface area contributed by atoms with E-state index in [4.69, 9.17) is 0 Å². The van der Waals surface area contributed by atoms with Gasteiger partial charge >= 0.3 is 0 Å². The monoisotopic (exact) mass is 489 g/mol. The number of imide groups is 1. The first-order valence-corrected chi connectivity index (χ1v) is 12.5. The van der Waals surface area contributed by atoms with Crippen LogP contribution >= 0.6 is 0 Å². The number of nitrogens with one attached hydrogen (secondary N) is 1. The lowest BCUT2D eigenvalue weighted by atomic mass is 9.86. The van der Waals surface area contributed by atoms with E-state index in [2.05, 4.69) is 10.3 Å². The smallest absolute Gasteiger partial charge is 0.262 e. The second-order valence-corrected chi connectivity index (χ2v) is 10.9. The summed E-state index contributed by atoms with van der Waals surface area (Å²) in [6, 6.07) is 1.82. The maximum absolute atomic E-state index is 14.5. The SMILES string of the molecule is Cn1cnc(S(=O)(=O)N2CCC(c3cc(F)cc4c3CN(C3CCC(=O)NC3=O)C4=O)CC2)c1. The van der Waals surface area contributed by atoms with Crippen molar-refractivity contribution in [1.82, 2.24) is 24.1 Å². The van der Waals surface area contributed by atoms with E-state index in [1.807, 2.05) is 0 Å². The molecule has 1 aromatic heterocycles. The number of fused-ring (bicyclic) bond motifs is 1. The van der Waals surface area contributed by atoms with E-state index in [0.717, 1.165) is 0 Å². The number of benzene rings is 1. The minimum absolute atomic E-state index is 0.00873. The summed E-state index contributed by atoms with van der Waals surface area (Å²) in [5, 5.41) is 2.25. The lowest BCUT2D eigenvalue weighted by Crippen LogP contribution is -2.52. The number of halogens is 1. The molecule has 2 aromatic rings. The zero-order valence-corrected chi connectivity index (χ0v) is 19.3. The topological polar surface area (TPSA) is 122 Å². The van der Waals surface area contributed by atoms with Gasteiger partial charge in [0.05, 0.1) is 6.33 Å². The molecule has 4 heterocycles. The van der Waals surface area contributed by atoms with Crippen LogP contribution in [0.3, 0.4) is 0 Å². The van der Waals surface area contributed by atoms with Gasteiger partial charge in [-0.3, -0.25) is 19.7 Å². The van der Waals surface area contributed by atoms with Gasteiger partial charge < -0.3 is 9.47 Å². The van der Waals surface area contributed by atoms with Crippen LogP contribution in [0.25, 0.3) is 0 Å². The highest BCUT2D eigenvalue weighted by Crippen LogP contribution is 2.38. The third-order valence-corrected chi connectivity index (χ3v) is 8.62. The van der Waals surface area contributed by atoms with Crippen molar-refractivity contribution < 1.29 is 27.2 Å². The fourth-order valence-corrected chi connectivity index (χ4v) is 6.51. The molecular formula is C22H24FN5O5S. The first-order chi connectivity index (χ1) is 16.1. The number of carbonyl (C=O) groups is 3. The number of aromatic nitrogens is 2. The average Bonchev–Trinajstić information content (AvgIpc) is 3.38. The second kappa shape index (κ2) is 8.27. The first kappa shape index (κ1) is 22.7. The van der Waals surface area contributed by atoms with Crippen LogP contribution in [0, 0.1) is 5.82 Å². The molecule has 1 N–H and O–H groups in total. The predicted molar refractivity (Wildman–Crippen MR) is 116 cm³/mol. The lowest BCUT2D eigenvalue weighted by molar-refractivity contribution is -0.136. The van der Waals surface area contributed by atoms with Crippen molar-refractivity contribution in [2.75, 3.05) is 13.1 Å². The summed E-state index contributed by atoms with van der Waals surface area (Å²) >= 11 is 0. The minimum Gasteiger partial charge on any atom is -0.339 e. The van der Waals surface area contributed by atoms with Crippen LogP contribution in [0.1, 0.15) is 53.1 Å². The molecule has 0 spiro atoms. The van der Waals surface area contributed by atoms with E-state index in [9.17, 15) is 27.2 Å². The Labute approximate surface area is 195 Å². The zero-order valence-electron chi connectivity index (χ0n) is 18.5. The van der Waals surface area contributed by atoms with Crippen molar-refractivity contribution in [2.24, 2.45) is 7.05 Å². The number of aryl methyl sites for hydroxylation is 1. The molecule has 0 bridgehead atoms. The highest BCUT2D eigenvalue weighted by molar-refractivity contribution is 7.89. The number of piperidine rings is 2. The van der Waals surface area contributed by atoms with Crippen molar-refractivity contribution in [3.63, 3.8) is 0 Å². The van der Waals surface area contributed by atoms with E-state index >= 15 is 0 Å². The third-order valence-electron chi connectivity index (χ3n) is 6.83. The van der Waals surface area contributed by atoms with Crippen LogP contribution in [0.15, 0.2) is 29.7 Å². The van der Waals surface area contributed by atoms with E-state index in [1.165, 1.54) is 33.9 Å². The number of nitrogens with zero attached hydrogens (tertiary/aromatic N) is 4. The summed E-state index contributed by atoms with van der Waals surface area (Å²) in [5.41, 5.74) is 1.57. The maximum atomic E-state index is 14.5. The van der Waals surface area contributed by atoms with Crippen LogP contribution < -0.4 is 5.32 Å². The van der Waals surface area contributed by atoms with Crippen LogP contribution in [-0.2, 0) is 33.2 Å². The van der Waals surface area contributed by atoms with Crippen LogP contribution in [0.4, 0.5) is 4.39 Å². The molecule has 12 heteroatoms. The van der Waals surface area contributed by atoms with Gasteiger partial charge in [0.2, 0.25) is 11.8 Å². The van der Waals surface area contributed by atoms with Crippen LogP contribution in [-0.4, -0.2) is 64.0 Å². The number of hydrogen-bond acceptors (Lipinski definition) is 6. The summed E-state index contributed by atoms with van der Waals surface area (Å²) in [4.78, 5) is 42.2. The molecule has 0 radical (unpaired) electrons. The Hall–Kier alpha value is -3.12. The van der Waals surface area contributed by atoms with Crippen LogP contribution in [0.2, 0.25) is 0 Å². The van der Waals surface area contributed by atoms with E-state index < -0.39 is 33.7 Å². The van der Waals surface area contributed by atoms with Gasteiger partial charge in [-0.15, -0.1) is 0 Å². The summed E-state index contributed by atoms with van der Waals surface area (Å²) in [5.74, 6) is -2.00. The Bertz CT molecular complexity index is 1300. The van der Waals surface area contributed by atoms with E-state index in [-0.39, 0.29) is 54.9 Å². The molecule has 10 nitrogen and oxygen atoms in total. The van der Waals surface area contributed by atoms with Crippen molar-refractivity contribution in [1.29, 1.82) is 0 Å². The molecule has 0 aliphatic carbocycles. The molecule has 180 valence electrons. The average molecular weight is 490 g/mol. The number of hydrogen-bond donors (Lipinski definition) is 1. The minimum atomic E-state index is -3.72. The summed E-state index contributed by atoms with van der Waals surface area (Å²) in [7, 11) is -2.02. The normalized spacial score (nSPS) is 22.2. The molecule has 0 saturated carbocycles. The maximum Gasteiger partial charge on any atom is 0.262 e. The molecule has 5 rings (SSSR count). The fraction of sp³-hybridized carbons (Fsp3) is 0.455. The molecule has 1 aromatic carbocycles.